The van der Waals surface area contributed by atoms with Gasteiger partial charge in [0, 0.05) is 17.2 Å². The van der Waals surface area contributed by atoms with Crippen LogP contribution in [0.25, 0.3) is 0 Å². The van der Waals surface area contributed by atoms with Crippen LogP contribution in [0, 0.1) is 25.6 Å². The van der Waals surface area contributed by atoms with Gasteiger partial charge in [-0.1, -0.05) is 26.0 Å². The molecule has 0 aliphatic heterocycles. The first-order valence-electron chi connectivity index (χ1n) is 6.47. The summed E-state index contributed by atoms with van der Waals surface area (Å²) in [5, 5.41) is 25.8. The molecule has 0 fully saturated rings. The molecular formula is C14H18N4O4. The van der Waals surface area contributed by atoms with E-state index in [0.29, 0.717) is 5.71 Å². The average molecular weight is 306 g/mol. The van der Waals surface area contributed by atoms with Crippen LogP contribution in [0.1, 0.15) is 27.7 Å². The van der Waals surface area contributed by atoms with Gasteiger partial charge in [-0.25, -0.2) is 0 Å². The standard InChI is InChI=1S/C14H18N4O4/c1-9(2)14(4,5)10(3)15-16-12-7-6-11(17(19)20)8-13(12)18(21)22/h6-8,16H,1H2,2-5H3. The lowest BCUT2D eigenvalue weighted by Crippen LogP contribution is -2.23. The maximum atomic E-state index is 11.0. The van der Waals surface area contributed by atoms with Crippen molar-refractivity contribution >= 4 is 22.8 Å². The summed E-state index contributed by atoms with van der Waals surface area (Å²) in [7, 11) is 0. The monoisotopic (exact) mass is 306 g/mol. The number of hydrogen-bond acceptors (Lipinski definition) is 6. The van der Waals surface area contributed by atoms with Crippen molar-refractivity contribution in [1.29, 1.82) is 0 Å². The first-order valence-corrected chi connectivity index (χ1v) is 6.47. The molecule has 0 unspecified atom stereocenters. The molecule has 0 radical (unpaired) electrons. The third-order valence-corrected chi connectivity index (χ3v) is 3.70. The van der Waals surface area contributed by atoms with Gasteiger partial charge in [0.05, 0.1) is 15.9 Å². The normalized spacial score (nSPS) is 11.9. The highest BCUT2D eigenvalue weighted by molar-refractivity contribution is 5.90. The Kier molecular flexibility index (Phi) is 4.98. The van der Waals surface area contributed by atoms with Crippen molar-refractivity contribution in [3.8, 4) is 0 Å². The van der Waals surface area contributed by atoms with E-state index >= 15 is 0 Å². The van der Waals surface area contributed by atoms with Gasteiger partial charge >= 0.3 is 5.69 Å². The Labute approximate surface area is 127 Å². The van der Waals surface area contributed by atoms with Crippen LogP contribution in [0.2, 0.25) is 0 Å². The van der Waals surface area contributed by atoms with E-state index in [1.807, 2.05) is 20.8 Å². The molecule has 0 aromatic heterocycles. The van der Waals surface area contributed by atoms with Crippen molar-refractivity contribution in [3.63, 3.8) is 0 Å². The fraction of sp³-hybridized carbons (Fsp3) is 0.357. The number of benzene rings is 1. The lowest BCUT2D eigenvalue weighted by Gasteiger charge is -2.24. The molecule has 0 saturated heterocycles. The molecule has 8 nitrogen and oxygen atoms in total. The van der Waals surface area contributed by atoms with Crippen LogP contribution in [-0.2, 0) is 0 Å². The summed E-state index contributed by atoms with van der Waals surface area (Å²) in [6, 6.07) is 3.35. The number of non-ortho nitro benzene ring substituents is 1. The van der Waals surface area contributed by atoms with Crippen molar-refractivity contribution in [1.82, 2.24) is 0 Å². The fourth-order valence-corrected chi connectivity index (χ4v) is 1.47. The van der Waals surface area contributed by atoms with Crippen molar-refractivity contribution < 1.29 is 9.85 Å². The van der Waals surface area contributed by atoms with E-state index in [9.17, 15) is 20.2 Å². The number of nitrogens with one attached hydrogen (secondary N) is 1. The molecule has 1 N–H and O–H groups in total. The molecule has 118 valence electrons. The third kappa shape index (κ3) is 3.66. The number of anilines is 1. The topological polar surface area (TPSA) is 111 Å². The molecule has 0 bridgehead atoms. The zero-order valence-electron chi connectivity index (χ0n) is 12.9. The van der Waals surface area contributed by atoms with Gasteiger partial charge in [0.25, 0.3) is 5.69 Å². The van der Waals surface area contributed by atoms with E-state index < -0.39 is 15.5 Å². The minimum absolute atomic E-state index is 0.0902. The molecule has 8 heteroatoms. The highest BCUT2D eigenvalue weighted by atomic mass is 16.6. The number of nitrogens with zero attached hydrogens (tertiary/aromatic N) is 3. The summed E-state index contributed by atoms with van der Waals surface area (Å²) >= 11 is 0. The minimum atomic E-state index is -0.690. The van der Waals surface area contributed by atoms with Crippen molar-refractivity contribution in [2.45, 2.75) is 27.7 Å². The van der Waals surface area contributed by atoms with E-state index in [-0.39, 0.29) is 16.8 Å². The SMILES string of the molecule is C=C(C)C(C)(C)C(C)=NNc1ccc([N+](=O)[O-])cc1[N+](=O)[O-]. The molecule has 1 aromatic carbocycles. The van der Waals surface area contributed by atoms with E-state index in [1.165, 1.54) is 12.1 Å². The van der Waals surface area contributed by atoms with E-state index in [1.54, 1.807) is 6.92 Å². The highest BCUT2D eigenvalue weighted by Crippen LogP contribution is 2.30. The fourth-order valence-electron chi connectivity index (χ4n) is 1.47. The Morgan fingerprint density at radius 3 is 2.27 bits per heavy atom. The van der Waals surface area contributed by atoms with Gasteiger partial charge in [-0.2, -0.15) is 5.10 Å². The van der Waals surface area contributed by atoms with Crippen molar-refractivity contribution in [3.05, 3.63) is 50.6 Å². The zero-order chi connectivity index (χ0) is 17.1. The first kappa shape index (κ1) is 17.3. The maximum Gasteiger partial charge on any atom is 0.301 e. The lowest BCUT2D eigenvalue weighted by molar-refractivity contribution is -0.393. The molecule has 0 aliphatic carbocycles. The van der Waals surface area contributed by atoms with Crippen molar-refractivity contribution in [2.24, 2.45) is 10.5 Å². The molecule has 0 amide bonds. The molecule has 0 saturated carbocycles. The molecule has 22 heavy (non-hydrogen) atoms. The molecule has 1 aromatic rings. The molecule has 0 aliphatic rings. The van der Waals surface area contributed by atoms with Crippen LogP contribution in [0.3, 0.4) is 0 Å². The Morgan fingerprint density at radius 2 is 1.82 bits per heavy atom. The molecular weight excluding hydrogens is 288 g/mol. The number of rotatable bonds is 6. The van der Waals surface area contributed by atoms with Crippen LogP contribution in [0.15, 0.2) is 35.5 Å². The van der Waals surface area contributed by atoms with Crippen LogP contribution in [-0.4, -0.2) is 15.6 Å². The molecule has 0 heterocycles. The molecule has 1 rings (SSSR count). The second-order valence-electron chi connectivity index (χ2n) is 5.43. The smallest absolute Gasteiger partial charge is 0.272 e. The Morgan fingerprint density at radius 1 is 1.23 bits per heavy atom. The quantitative estimate of drug-likeness (QED) is 0.371. The average Bonchev–Trinajstić information content (AvgIpc) is 2.43. The van der Waals surface area contributed by atoms with Gasteiger partial charge < -0.3 is 0 Å². The number of hydrazone groups is 1. The van der Waals surface area contributed by atoms with Gasteiger partial charge in [-0.15, -0.1) is 0 Å². The van der Waals surface area contributed by atoms with Gasteiger partial charge in [-0.05, 0) is 19.9 Å². The number of nitro benzene ring substituents is 2. The predicted octanol–water partition coefficient (Wildman–Crippen LogP) is 3.89. The largest absolute Gasteiger partial charge is 0.301 e. The summed E-state index contributed by atoms with van der Waals surface area (Å²) in [6.45, 7) is 11.4. The van der Waals surface area contributed by atoms with Crippen LogP contribution in [0.5, 0.6) is 0 Å². The summed E-state index contributed by atoms with van der Waals surface area (Å²) in [5.74, 6) is 0. The van der Waals surface area contributed by atoms with E-state index in [0.717, 1.165) is 11.6 Å². The van der Waals surface area contributed by atoms with Crippen LogP contribution < -0.4 is 5.43 Å². The minimum Gasteiger partial charge on any atom is -0.272 e. The zero-order valence-corrected chi connectivity index (χ0v) is 12.9. The van der Waals surface area contributed by atoms with E-state index in [4.69, 9.17) is 0 Å². The second kappa shape index (κ2) is 6.33. The maximum absolute atomic E-state index is 11.0. The first-order chi connectivity index (χ1) is 10.1. The second-order valence-corrected chi connectivity index (χ2v) is 5.43. The van der Waals surface area contributed by atoms with Crippen LogP contribution in [0.4, 0.5) is 17.1 Å². The molecule has 0 atom stereocenters. The highest BCUT2D eigenvalue weighted by Gasteiger charge is 2.23. The summed E-state index contributed by atoms with van der Waals surface area (Å²) in [6.07, 6.45) is 0. The summed E-state index contributed by atoms with van der Waals surface area (Å²) < 4.78 is 0. The lowest BCUT2D eigenvalue weighted by atomic mass is 9.82. The third-order valence-electron chi connectivity index (χ3n) is 3.70. The van der Waals surface area contributed by atoms with Gasteiger partial charge in [0.15, 0.2) is 0 Å². The summed E-state index contributed by atoms with van der Waals surface area (Å²) in [4.78, 5) is 20.3. The van der Waals surface area contributed by atoms with Gasteiger partial charge in [0.2, 0.25) is 0 Å². The predicted molar refractivity (Wildman–Crippen MR) is 85.1 cm³/mol. The number of hydrogen-bond donors (Lipinski definition) is 1. The Hall–Kier alpha value is -2.77. The van der Waals surface area contributed by atoms with Crippen LogP contribution >= 0.6 is 0 Å². The Balaban J connectivity index is 3.16. The van der Waals surface area contributed by atoms with Gasteiger partial charge in [0.1, 0.15) is 5.69 Å². The molecule has 0 spiro atoms. The Bertz CT molecular complexity index is 665. The van der Waals surface area contributed by atoms with Crippen molar-refractivity contribution in [2.75, 3.05) is 5.43 Å². The number of nitro groups is 2. The number of allylic oxidation sites excluding steroid dienone is 1. The van der Waals surface area contributed by atoms with Gasteiger partial charge in [-0.3, -0.25) is 25.7 Å². The van der Waals surface area contributed by atoms with E-state index in [2.05, 4.69) is 17.1 Å². The summed E-state index contributed by atoms with van der Waals surface area (Å²) in [5.41, 5.74) is 3.16.